The fourth-order valence-corrected chi connectivity index (χ4v) is 2.10. The van der Waals surface area contributed by atoms with Crippen molar-refractivity contribution in [3.05, 3.63) is 70.8 Å². The molecule has 0 aliphatic carbocycles. The van der Waals surface area contributed by atoms with Crippen LogP contribution in [0, 0.1) is 0 Å². The first kappa shape index (κ1) is 15.1. The predicted molar refractivity (Wildman–Crippen MR) is 87.9 cm³/mol. The van der Waals surface area contributed by atoms with Gasteiger partial charge in [0.25, 0.3) is 0 Å². The van der Waals surface area contributed by atoms with Crippen LogP contribution in [-0.4, -0.2) is 5.91 Å². The number of nitrogens with one attached hydrogen (secondary N) is 1. The summed E-state index contributed by atoms with van der Waals surface area (Å²) in [5, 5.41) is 3.55. The first-order chi connectivity index (χ1) is 10.0. The Bertz CT molecular complexity index is 650. The van der Waals surface area contributed by atoms with Crippen LogP contribution in [0.1, 0.15) is 24.1 Å². The Hall–Kier alpha value is -2.26. The van der Waals surface area contributed by atoms with Crippen molar-refractivity contribution < 1.29 is 4.79 Å². The topological polar surface area (TPSA) is 55.1 Å². The molecule has 1 atom stereocenters. The highest BCUT2D eigenvalue weighted by atomic mass is 35.5. The number of rotatable bonds is 4. The number of hydrogen-bond donors (Lipinski definition) is 2. The van der Waals surface area contributed by atoms with Gasteiger partial charge in [-0.2, -0.15) is 0 Å². The average molecular weight is 301 g/mol. The van der Waals surface area contributed by atoms with Crippen LogP contribution in [0.3, 0.4) is 0 Å². The number of nitrogen functional groups attached to an aromatic ring is 1. The lowest BCUT2D eigenvalue weighted by Gasteiger charge is -2.13. The maximum atomic E-state index is 11.9. The van der Waals surface area contributed by atoms with Gasteiger partial charge in [0.05, 0.1) is 6.04 Å². The van der Waals surface area contributed by atoms with E-state index in [1.807, 2.05) is 37.3 Å². The maximum Gasteiger partial charge on any atom is 0.244 e. The smallest absolute Gasteiger partial charge is 0.244 e. The van der Waals surface area contributed by atoms with Crippen LogP contribution < -0.4 is 11.1 Å². The summed E-state index contributed by atoms with van der Waals surface area (Å²) in [6.45, 7) is 1.92. The molecule has 2 rings (SSSR count). The Balaban J connectivity index is 1.96. The summed E-state index contributed by atoms with van der Waals surface area (Å²) in [6, 6.07) is 14.7. The number of carbonyl (C=O) groups is 1. The van der Waals surface area contributed by atoms with Crippen molar-refractivity contribution >= 4 is 29.3 Å². The number of nitrogens with two attached hydrogens (primary N) is 1. The van der Waals surface area contributed by atoms with Crippen LogP contribution in [0.4, 0.5) is 5.69 Å². The lowest BCUT2D eigenvalue weighted by Crippen LogP contribution is -2.24. The van der Waals surface area contributed by atoms with Gasteiger partial charge in [0.15, 0.2) is 0 Å². The first-order valence-electron chi connectivity index (χ1n) is 6.64. The average Bonchev–Trinajstić information content (AvgIpc) is 2.46. The van der Waals surface area contributed by atoms with Gasteiger partial charge >= 0.3 is 0 Å². The van der Waals surface area contributed by atoms with Gasteiger partial charge in [-0.05, 0) is 48.4 Å². The van der Waals surface area contributed by atoms with E-state index in [1.54, 1.807) is 24.3 Å². The minimum Gasteiger partial charge on any atom is -0.399 e. The van der Waals surface area contributed by atoms with Crippen molar-refractivity contribution in [3.63, 3.8) is 0 Å². The lowest BCUT2D eigenvalue weighted by molar-refractivity contribution is -0.117. The highest BCUT2D eigenvalue weighted by Crippen LogP contribution is 2.17. The molecule has 2 aromatic carbocycles. The van der Waals surface area contributed by atoms with Crippen molar-refractivity contribution in [3.8, 4) is 0 Å². The largest absolute Gasteiger partial charge is 0.399 e. The van der Waals surface area contributed by atoms with Gasteiger partial charge in [-0.3, -0.25) is 4.79 Å². The van der Waals surface area contributed by atoms with Gasteiger partial charge < -0.3 is 11.1 Å². The van der Waals surface area contributed by atoms with E-state index in [1.165, 1.54) is 6.08 Å². The zero-order valence-corrected chi connectivity index (χ0v) is 12.5. The predicted octanol–water partition coefficient (Wildman–Crippen LogP) is 3.81. The van der Waals surface area contributed by atoms with Crippen molar-refractivity contribution in [1.82, 2.24) is 5.32 Å². The molecule has 0 saturated carbocycles. The van der Waals surface area contributed by atoms with Crippen LogP contribution >= 0.6 is 11.6 Å². The standard InChI is InChI=1S/C17H17ClN2O/c1-12(14-3-2-4-15(18)11-14)20-17(21)10-7-13-5-8-16(19)9-6-13/h2-12H,19H2,1H3,(H,20,21)/b10-7+/t12-/m0/s1. The highest BCUT2D eigenvalue weighted by Gasteiger charge is 2.07. The second-order valence-electron chi connectivity index (χ2n) is 4.79. The first-order valence-corrected chi connectivity index (χ1v) is 7.02. The van der Waals surface area contributed by atoms with Gasteiger partial charge in [0, 0.05) is 16.8 Å². The van der Waals surface area contributed by atoms with Gasteiger partial charge in [-0.1, -0.05) is 35.9 Å². The molecule has 1 amide bonds. The summed E-state index contributed by atoms with van der Waals surface area (Å²) in [4.78, 5) is 11.9. The summed E-state index contributed by atoms with van der Waals surface area (Å²) in [5.74, 6) is -0.153. The molecule has 0 unspecified atom stereocenters. The fourth-order valence-electron chi connectivity index (χ4n) is 1.90. The minimum absolute atomic E-state index is 0.104. The third kappa shape index (κ3) is 4.65. The molecule has 2 aromatic rings. The number of halogens is 1. The normalized spacial score (nSPS) is 12.3. The monoisotopic (exact) mass is 300 g/mol. The Morgan fingerprint density at radius 1 is 1.24 bits per heavy atom. The molecule has 0 fully saturated rings. The number of hydrogen-bond acceptors (Lipinski definition) is 2. The van der Waals surface area contributed by atoms with Crippen molar-refractivity contribution in [2.24, 2.45) is 0 Å². The Morgan fingerprint density at radius 3 is 2.62 bits per heavy atom. The fraction of sp³-hybridized carbons (Fsp3) is 0.118. The summed E-state index contributed by atoms with van der Waals surface area (Å²) in [7, 11) is 0. The molecular formula is C17H17ClN2O. The molecule has 21 heavy (non-hydrogen) atoms. The van der Waals surface area contributed by atoms with Crippen molar-refractivity contribution in [2.75, 3.05) is 5.73 Å². The molecular weight excluding hydrogens is 284 g/mol. The quantitative estimate of drug-likeness (QED) is 0.666. The summed E-state index contributed by atoms with van der Waals surface area (Å²) < 4.78 is 0. The highest BCUT2D eigenvalue weighted by molar-refractivity contribution is 6.30. The van der Waals surface area contributed by atoms with Crippen LogP contribution in [0.15, 0.2) is 54.6 Å². The molecule has 0 saturated heterocycles. The van der Waals surface area contributed by atoms with E-state index in [0.29, 0.717) is 10.7 Å². The van der Waals surface area contributed by atoms with Crippen molar-refractivity contribution in [1.29, 1.82) is 0 Å². The molecule has 0 bridgehead atoms. The second kappa shape index (κ2) is 6.95. The molecule has 0 spiro atoms. The summed E-state index contributed by atoms with van der Waals surface area (Å²) >= 11 is 5.94. The maximum absolute atomic E-state index is 11.9. The summed E-state index contributed by atoms with van der Waals surface area (Å²) in [5.41, 5.74) is 8.21. The molecule has 0 radical (unpaired) electrons. The van der Waals surface area contributed by atoms with Crippen LogP contribution in [0.2, 0.25) is 5.02 Å². The Labute approximate surface area is 129 Å². The summed E-state index contributed by atoms with van der Waals surface area (Å²) in [6.07, 6.45) is 3.26. The Morgan fingerprint density at radius 2 is 1.95 bits per heavy atom. The van der Waals surface area contributed by atoms with Crippen molar-refractivity contribution in [2.45, 2.75) is 13.0 Å². The van der Waals surface area contributed by atoms with E-state index in [-0.39, 0.29) is 11.9 Å². The van der Waals surface area contributed by atoms with E-state index in [2.05, 4.69) is 5.32 Å². The number of anilines is 1. The molecule has 0 aliphatic rings. The van der Waals surface area contributed by atoms with Gasteiger partial charge in [-0.15, -0.1) is 0 Å². The van der Waals surface area contributed by atoms with Crippen LogP contribution in [0.25, 0.3) is 6.08 Å². The molecule has 0 heterocycles. The van der Waals surface area contributed by atoms with Gasteiger partial charge in [0.2, 0.25) is 5.91 Å². The SMILES string of the molecule is C[C@H](NC(=O)/C=C/c1ccc(N)cc1)c1cccc(Cl)c1. The zero-order chi connectivity index (χ0) is 15.2. The Kier molecular flexibility index (Phi) is 5.01. The molecule has 3 nitrogen and oxygen atoms in total. The third-order valence-corrected chi connectivity index (χ3v) is 3.31. The molecule has 3 N–H and O–H groups in total. The number of benzene rings is 2. The molecule has 0 aliphatic heterocycles. The molecule has 108 valence electrons. The number of carbonyl (C=O) groups excluding carboxylic acids is 1. The van der Waals surface area contributed by atoms with Crippen LogP contribution in [-0.2, 0) is 4.79 Å². The number of amides is 1. The van der Waals surface area contributed by atoms with Crippen LogP contribution in [0.5, 0.6) is 0 Å². The van der Waals surface area contributed by atoms with Gasteiger partial charge in [-0.25, -0.2) is 0 Å². The zero-order valence-electron chi connectivity index (χ0n) is 11.7. The minimum atomic E-state index is -0.153. The third-order valence-electron chi connectivity index (χ3n) is 3.07. The molecule has 4 heteroatoms. The van der Waals surface area contributed by atoms with Gasteiger partial charge in [0.1, 0.15) is 0 Å². The van der Waals surface area contributed by atoms with E-state index in [0.717, 1.165) is 11.1 Å². The van der Waals surface area contributed by atoms with E-state index in [9.17, 15) is 4.79 Å². The lowest BCUT2D eigenvalue weighted by atomic mass is 10.1. The second-order valence-corrected chi connectivity index (χ2v) is 5.22. The molecule has 0 aromatic heterocycles. The van der Waals surface area contributed by atoms with E-state index in [4.69, 9.17) is 17.3 Å². The van der Waals surface area contributed by atoms with E-state index < -0.39 is 0 Å². The van der Waals surface area contributed by atoms with E-state index >= 15 is 0 Å².